The van der Waals surface area contributed by atoms with Gasteiger partial charge in [0.15, 0.2) is 0 Å². The fourth-order valence-electron chi connectivity index (χ4n) is 1.24. The first-order valence-corrected chi connectivity index (χ1v) is 6.24. The molecule has 0 amide bonds. The summed E-state index contributed by atoms with van der Waals surface area (Å²) in [6.45, 7) is 4.38. The van der Waals surface area contributed by atoms with E-state index in [4.69, 9.17) is 4.74 Å². The topological polar surface area (TPSA) is 9.23 Å². The Morgan fingerprint density at radius 3 is 2.36 bits per heavy atom. The molecule has 0 bridgehead atoms. The Balaban J connectivity index is 2.96. The fourth-order valence-corrected chi connectivity index (χ4v) is 2.08. The highest BCUT2D eigenvalue weighted by atomic mass is 79.9. The third-order valence-corrected chi connectivity index (χ3v) is 4.29. The number of methoxy groups -OCH3 is 1. The fraction of sp³-hybridized carbons (Fsp3) is 0.455. The van der Waals surface area contributed by atoms with Crippen LogP contribution in [0.5, 0.6) is 5.75 Å². The molecule has 0 saturated heterocycles. The number of ether oxygens (including phenoxy) is 1. The molecule has 0 aliphatic rings. The molecule has 3 heteroatoms. The van der Waals surface area contributed by atoms with Gasteiger partial charge in [-0.25, -0.2) is 0 Å². The molecule has 0 aliphatic carbocycles. The Morgan fingerprint density at radius 1 is 1.29 bits per heavy atom. The minimum absolute atomic E-state index is 0.393. The number of halogens is 2. The zero-order valence-corrected chi connectivity index (χ0v) is 11.7. The molecule has 0 aliphatic heterocycles. The lowest BCUT2D eigenvalue weighted by molar-refractivity contribution is 0.412. The van der Waals surface area contributed by atoms with Gasteiger partial charge in [0.2, 0.25) is 0 Å². The third kappa shape index (κ3) is 2.74. The Hall–Kier alpha value is -0.0200. The van der Waals surface area contributed by atoms with Gasteiger partial charge in [-0.1, -0.05) is 35.8 Å². The first kappa shape index (κ1) is 12.1. The average molecular weight is 322 g/mol. The molecule has 1 rings (SSSR count). The van der Waals surface area contributed by atoms with E-state index >= 15 is 0 Å². The number of rotatable bonds is 3. The van der Waals surface area contributed by atoms with Gasteiger partial charge < -0.3 is 4.74 Å². The van der Waals surface area contributed by atoms with Crippen molar-refractivity contribution in [2.24, 2.45) is 5.92 Å². The predicted molar refractivity (Wildman–Crippen MR) is 67.2 cm³/mol. The molecule has 0 N–H and O–H groups in total. The highest BCUT2D eigenvalue weighted by molar-refractivity contribution is 9.10. The van der Waals surface area contributed by atoms with Gasteiger partial charge in [-0.2, -0.15) is 0 Å². The van der Waals surface area contributed by atoms with Crippen LogP contribution in [0.1, 0.15) is 24.2 Å². The molecule has 1 nitrogen and oxygen atoms in total. The van der Waals surface area contributed by atoms with Crippen LogP contribution in [-0.2, 0) is 0 Å². The minimum atomic E-state index is 0.393. The van der Waals surface area contributed by atoms with Crippen LogP contribution in [0.4, 0.5) is 0 Å². The normalized spacial score (nSPS) is 13.0. The van der Waals surface area contributed by atoms with E-state index in [1.165, 1.54) is 5.56 Å². The summed E-state index contributed by atoms with van der Waals surface area (Å²) in [6, 6.07) is 6.16. The Labute approximate surface area is 102 Å². The summed E-state index contributed by atoms with van der Waals surface area (Å²) in [5.41, 5.74) is 1.27. The number of hydrogen-bond donors (Lipinski definition) is 0. The van der Waals surface area contributed by atoms with Gasteiger partial charge in [-0.05, 0) is 39.5 Å². The van der Waals surface area contributed by atoms with Crippen LogP contribution in [0.25, 0.3) is 0 Å². The first-order chi connectivity index (χ1) is 6.56. The molecule has 1 atom stereocenters. The van der Waals surface area contributed by atoms with Crippen molar-refractivity contribution in [2.75, 3.05) is 7.11 Å². The molecule has 1 unspecified atom stereocenters. The van der Waals surface area contributed by atoms with Crippen molar-refractivity contribution in [2.45, 2.75) is 18.7 Å². The van der Waals surface area contributed by atoms with Crippen LogP contribution in [0.2, 0.25) is 0 Å². The molecule has 1 aromatic rings. The Bertz CT molecular complexity index is 310. The van der Waals surface area contributed by atoms with Gasteiger partial charge in [0, 0.05) is 4.83 Å². The smallest absolute Gasteiger partial charge is 0.133 e. The van der Waals surface area contributed by atoms with Crippen LogP contribution < -0.4 is 4.74 Å². The first-order valence-electron chi connectivity index (χ1n) is 4.53. The molecule has 1 aromatic carbocycles. The van der Waals surface area contributed by atoms with Gasteiger partial charge >= 0.3 is 0 Å². The summed E-state index contributed by atoms with van der Waals surface area (Å²) in [5, 5.41) is 0. The second-order valence-electron chi connectivity index (χ2n) is 3.54. The van der Waals surface area contributed by atoms with Crippen LogP contribution in [0.3, 0.4) is 0 Å². The lowest BCUT2D eigenvalue weighted by atomic mass is 10.0. The summed E-state index contributed by atoms with van der Waals surface area (Å²) < 4.78 is 6.18. The van der Waals surface area contributed by atoms with Crippen LogP contribution in [-0.4, -0.2) is 7.11 Å². The van der Waals surface area contributed by atoms with E-state index in [1.807, 2.05) is 6.07 Å². The second kappa shape index (κ2) is 5.17. The van der Waals surface area contributed by atoms with E-state index in [-0.39, 0.29) is 0 Å². The second-order valence-corrected chi connectivity index (χ2v) is 5.38. The van der Waals surface area contributed by atoms with Gasteiger partial charge in [0.25, 0.3) is 0 Å². The molecule has 0 heterocycles. The summed E-state index contributed by atoms with van der Waals surface area (Å²) in [6.07, 6.45) is 0. The van der Waals surface area contributed by atoms with E-state index < -0.39 is 0 Å². The van der Waals surface area contributed by atoms with Gasteiger partial charge in [0.1, 0.15) is 5.75 Å². The number of alkyl halides is 1. The van der Waals surface area contributed by atoms with E-state index in [0.29, 0.717) is 10.7 Å². The van der Waals surface area contributed by atoms with Crippen molar-refractivity contribution in [3.8, 4) is 5.75 Å². The van der Waals surface area contributed by atoms with Crippen molar-refractivity contribution in [3.05, 3.63) is 28.2 Å². The Morgan fingerprint density at radius 2 is 1.93 bits per heavy atom. The SMILES string of the molecule is COc1ccc(C(Br)C(C)C)cc1Br. The van der Waals surface area contributed by atoms with Crippen molar-refractivity contribution < 1.29 is 4.74 Å². The zero-order valence-electron chi connectivity index (χ0n) is 8.55. The number of hydrogen-bond acceptors (Lipinski definition) is 1. The molecule has 0 fully saturated rings. The largest absolute Gasteiger partial charge is 0.496 e. The quantitative estimate of drug-likeness (QED) is 0.742. The van der Waals surface area contributed by atoms with E-state index in [9.17, 15) is 0 Å². The molecule has 0 spiro atoms. The van der Waals surface area contributed by atoms with Crippen LogP contribution >= 0.6 is 31.9 Å². The maximum Gasteiger partial charge on any atom is 0.133 e. The van der Waals surface area contributed by atoms with Crippen molar-refractivity contribution >= 4 is 31.9 Å². The molecule has 0 saturated carbocycles. The average Bonchev–Trinajstić information content (AvgIpc) is 2.16. The van der Waals surface area contributed by atoms with E-state index in [2.05, 4.69) is 57.8 Å². The summed E-state index contributed by atoms with van der Waals surface area (Å²) in [4.78, 5) is 0.393. The zero-order chi connectivity index (χ0) is 10.7. The third-order valence-electron chi connectivity index (χ3n) is 2.08. The minimum Gasteiger partial charge on any atom is -0.496 e. The molecule has 14 heavy (non-hydrogen) atoms. The monoisotopic (exact) mass is 320 g/mol. The summed E-state index contributed by atoms with van der Waals surface area (Å²) >= 11 is 7.15. The lowest BCUT2D eigenvalue weighted by Gasteiger charge is -2.15. The molecule has 0 radical (unpaired) electrons. The highest BCUT2D eigenvalue weighted by Crippen LogP contribution is 2.35. The lowest BCUT2D eigenvalue weighted by Crippen LogP contribution is -1.98. The Kier molecular flexibility index (Phi) is 4.45. The van der Waals surface area contributed by atoms with Gasteiger partial charge in [0.05, 0.1) is 11.6 Å². The van der Waals surface area contributed by atoms with E-state index in [0.717, 1.165) is 10.2 Å². The highest BCUT2D eigenvalue weighted by Gasteiger charge is 2.13. The van der Waals surface area contributed by atoms with Crippen molar-refractivity contribution in [1.82, 2.24) is 0 Å². The van der Waals surface area contributed by atoms with Crippen LogP contribution in [0, 0.1) is 5.92 Å². The summed E-state index contributed by atoms with van der Waals surface area (Å²) in [7, 11) is 1.67. The molecular formula is C11H14Br2O. The molecule has 0 aromatic heterocycles. The predicted octanol–water partition coefficient (Wildman–Crippen LogP) is 4.55. The van der Waals surface area contributed by atoms with Crippen molar-refractivity contribution in [3.63, 3.8) is 0 Å². The molecule has 78 valence electrons. The maximum absolute atomic E-state index is 5.18. The molecular weight excluding hydrogens is 308 g/mol. The number of benzene rings is 1. The maximum atomic E-state index is 5.18. The van der Waals surface area contributed by atoms with Crippen LogP contribution in [0.15, 0.2) is 22.7 Å². The summed E-state index contributed by atoms with van der Waals surface area (Å²) in [5.74, 6) is 1.45. The van der Waals surface area contributed by atoms with Gasteiger partial charge in [-0.3, -0.25) is 0 Å². The van der Waals surface area contributed by atoms with Gasteiger partial charge in [-0.15, -0.1) is 0 Å². The van der Waals surface area contributed by atoms with Crippen molar-refractivity contribution in [1.29, 1.82) is 0 Å². The van der Waals surface area contributed by atoms with E-state index in [1.54, 1.807) is 7.11 Å². The standard InChI is InChI=1S/C11H14Br2O/c1-7(2)11(13)8-4-5-10(14-3)9(12)6-8/h4-7,11H,1-3H3.